The first-order chi connectivity index (χ1) is 8.72. The number of pyridine rings is 1. The van der Waals surface area contributed by atoms with Gasteiger partial charge in [0.15, 0.2) is 0 Å². The van der Waals surface area contributed by atoms with Crippen molar-refractivity contribution in [1.29, 1.82) is 0 Å². The number of fused-ring (bicyclic) bond motifs is 1. The maximum atomic E-state index is 6.19. The Balaban J connectivity index is 1.74. The van der Waals surface area contributed by atoms with Gasteiger partial charge in [0, 0.05) is 30.9 Å². The van der Waals surface area contributed by atoms with Crippen molar-refractivity contribution in [2.24, 2.45) is 0 Å². The van der Waals surface area contributed by atoms with E-state index in [1.54, 1.807) is 0 Å². The van der Waals surface area contributed by atoms with Gasteiger partial charge < -0.3 is 4.74 Å². The van der Waals surface area contributed by atoms with Crippen LogP contribution in [0.15, 0.2) is 11.6 Å². The number of halogens is 1. The molecule has 2 aliphatic rings. The number of rotatable bonds is 2. The van der Waals surface area contributed by atoms with Crippen molar-refractivity contribution < 1.29 is 4.74 Å². The summed E-state index contributed by atoms with van der Waals surface area (Å²) in [6, 6.07) is 2.14. The van der Waals surface area contributed by atoms with Gasteiger partial charge in [-0.2, -0.15) is 0 Å². The van der Waals surface area contributed by atoms with Gasteiger partial charge in [0.05, 0.1) is 13.2 Å². The van der Waals surface area contributed by atoms with E-state index in [-0.39, 0.29) is 0 Å². The molecule has 0 bridgehead atoms. The Hall–Kier alpha value is -0.900. The number of aryl methyl sites for hydroxylation is 1. The van der Waals surface area contributed by atoms with Crippen LogP contribution < -0.4 is 0 Å². The van der Waals surface area contributed by atoms with Crippen LogP contribution in [0, 0.1) is 6.92 Å². The zero-order valence-electron chi connectivity index (χ0n) is 10.6. The Kier molecular flexibility index (Phi) is 3.37. The number of ether oxygens (including phenoxy) is 1. The summed E-state index contributed by atoms with van der Waals surface area (Å²) in [7, 11) is 0. The molecule has 0 radical (unpaired) electrons. The Morgan fingerprint density at radius 1 is 1.39 bits per heavy atom. The summed E-state index contributed by atoms with van der Waals surface area (Å²) in [5.41, 5.74) is 4.86. The monoisotopic (exact) mass is 264 g/mol. The van der Waals surface area contributed by atoms with Crippen molar-refractivity contribution in [3.63, 3.8) is 0 Å². The predicted molar refractivity (Wildman–Crippen MR) is 72.9 cm³/mol. The molecule has 1 aromatic rings. The smallest absolute Gasteiger partial charge is 0.136 e. The zero-order valence-corrected chi connectivity index (χ0v) is 11.3. The molecule has 1 aliphatic carbocycles. The molecule has 0 N–H and O–H groups in total. The zero-order chi connectivity index (χ0) is 12.5. The Morgan fingerprint density at radius 3 is 2.94 bits per heavy atom. The molecule has 0 unspecified atom stereocenters. The van der Waals surface area contributed by atoms with E-state index in [9.17, 15) is 0 Å². The van der Waals surface area contributed by atoms with Crippen molar-refractivity contribution in [2.45, 2.75) is 13.3 Å². The number of hydrogen-bond acceptors (Lipinski definition) is 3. The Morgan fingerprint density at radius 2 is 2.17 bits per heavy atom. The third-order valence-corrected chi connectivity index (χ3v) is 3.81. The van der Waals surface area contributed by atoms with Gasteiger partial charge in [-0.25, -0.2) is 4.98 Å². The van der Waals surface area contributed by atoms with Crippen LogP contribution in [0.1, 0.15) is 16.8 Å². The molecular formula is C14H17ClN2O. The van der Waals surface area contributed by atoms with Crippen molar-refractivity contribution in [3.05, 3.63) is 33.6 Å². The molecule has 0 aromatic carbocycles. The molecule has 18 heavy (non-hydrogen) atoms. The minimum atomic E-state index is 0.641. The van der Waals surface area contributed by atoms with Gasteiger partial charge in [0.25, 0.3) is 0 Å². The van der Waals surface area contributed by atoms with Gasteiger partial charge in [-0.1, -0.05) is 23.3 Å². The van der Waals surface area contributed by atoms with Crippen LogP contribution in [0.25, 0.3) is 6.08 Å². The average Bonchev–Trinajstić information content (AvgIpc) is 2.73. The van der Waals surface area contributed by atoms with Gasteiger partial charge in [-0.15, -0.1) is 0 Å². The van der Waals surface area contributed by atoms with E-state index in [0.717, 1.165) is 50.5 Å². The molecule has 0 atom stereocenters. The highest BCUT2D eigenvalue weighted by Crippen LogP contribution is 2.30. The molecule has 0 saturated carbocycles. The molecule has 3 rings (SSSR count). The summed E-state index contributed by atoms with van der Waals surface area (Å²) >= 11 is 6.19. The molecule has 3 nitrogen and oxygen atoms in total. The SMILES string of the molecule is Cc1cc2c(c(Cl)n1)C=C(CN1CCOCC1)C2. The molecule has 0 amide bonds. The van der Waals surface area contributed by atoms with Crippen LogP contribution in [0.3, 0.4) is 0 Å². The van der Waals surface area contributed by atoms with Crippen molar-refractivity contribution >= 4 is 17.7 Å². The van der Waals surface area contributed by atoms with Crippen molar-refractivity contribution in [2.75, 3.05) is 32.8 Å². The molecule has 1 aromatic heterocycles. The minimum Gasteiger partial charge on any atom is -0.379 e. The first-order valence-corrected chi connectivity index (χ1v) is 6.76. The summed E-state index contributed by atoms with van der Waals surface area (Å²) in [6.07, 6.45) is 3.22. The standard InChI is InChI=1S/C14H17ClN2O/c1-10-6-12-7-11(8-13(12)14(15)16-10)9-17-2-4-18-5-3-17/h6,8H,2-5,7,9H2,1H3. The lowest BCUT2D eigenvalue weighted by Crippen LogP contribution is -2.37. The van der Waals surface area contributed by atoms with Crippen LogP contribution in [-0.2, 0) is 11.2 Å². The molecule has 2 heterocycles. The van der Waals surface area contributed by atoms with Crippen LogP contribution >= 0.6 is 11.6 Å². The van der Waals surface area contributed by atoms with E-state index in [1.807, 2.05) is 6.92 Å². The van der Waals surface area contributed by atoms with Gasteiger partial charge in [0.2, 0.25) is 0 Å². The normalized spacial score (nSPS) is 19.8. The number of nitrogens with zero attached hydrogens (tertiary/aromatic N) is 2. The summed E-state index contributed by atoms with van der Waals surface area (Å²) in [5.74, 6) is 0. The van der Waals surface area contributed by atoms with E-state index >= 15 is 0 Å². The van der Waals surface area contributed by atoms with Gasteiger partial charge >= 0.3 is 0 Å². The molecule has 96 valence electrons. The Labute approximate surface area is 112 Å². The molecule has 0 spiro atoms. The number of morpholine rings is 1. The lowest BCUT2D eigenvalue weighted by molar-refractivity contribution is 0.0422. The second kappa shape index (κ2) is 5.00. The fourth-order valence-corrected chi connectivity index (χ4v) is 2.97. The number of aromatic nitrogens is 1. The first-order valence-electron chi connectivity index (χ1n) is 6.38. The highest BCUT2D eigenvalue weighted by atomic mass is 35.5. The molecule has 1 fully saturated rings. The third kappa shape index (κ3) is 2.44. The minimum absolute atomic E-state index is 0.641. The lowest BCUT2D eigenvalue weighted by Gasteiger charge is -2.26. The van der Waals surface area contributed by atoms with Crippen LogP contribution in [0.2, 0.25) is 5.15 Å². The molecule has 4 heteroatoms. The molecule has 1 saturated heterocycles. The van der Waals surface area contributed by atoms with E-state index < -0.39 is 0 Å². The molecule has 1 aliphatic heterocycles. The molecular weight excluding hydrogens is 248 g/mol. The fourth-order valence-electron chi connectivity index (χ4n) is 2.66. The van der Waals surface area contributed by atoms with Crippen LogP contribution in [0.5, 0.6) is 0 Å². The van der Waals surface area contributed by atoms with E-state index in [4.69, 9.17) is 16.3 Å². The largest absolute Gasteiger partial charge is 0.379 e. The quantitative estimate of drug-likeness (QED) is 0.767. The maximum absolute atomic E-state index is 6.19. The number of hydrogen-bond donors (Lipinski definition) is 0. The predicted octanol–water partition coefficient (Wildman–Crippen LogP) is 2.32. The second-order valence-corrected chi connectivity index (χ2v) is 5.35. The van der Waals surface area contributed by atoms with Gasteiger partial charge in [0.1, 0.15) is 5.15 Å². The van der Waals surface area contributed by atoms with Gasteiger partial charge in [-0.05, 0) is 25.0 Å². The van der Waals surface area contributed by atoms with Crippen LogP contribution in [-0.4, -0.2) is 42.7 Å². The summed E-state index contributed by atoms with van der Waals surface area (Å²) in [6.45, 7) is 6.76. The maximum Gasteiger partial charge on any atom is 0.136 e. The average molecular weight is 265 g/mol. The third-order valence-electron chi connectivity index (χ3n) is 3.52. The highest BCUT2D eigenvalue weighted by molar-refractivity contribution is 6.31. The Bertz CT molecular complexity index is 493. The summed E-state index contributed by atoms with van der Waals surface area (Å²) < 4.78 is 5.37. The fraction of sp³-hybridized carbons (Fsp3) is 0.500. The summed E-state index contributed by atoms with van der Waals surface area (Å²) in [5, 5.41) is 0.641. The topological polar surface area (TPSA) is 25.4 Å². The van der Waals surface area contributed by atoms with E-state index in [0.29, 0.717) is 5.15 Å². The second-order valence-electron chi connectivity index (χ2n) is 5.00. The van der Waals surface area contributed by atoms with E-state index in [2.05, 4.69) is 22.0 Å². The lowest BCUT2D eigenvalue weighted by atomic mass is 10.1. The summed E-state index contributed by atoms with van der Waals surface area (Å²) in [4.78, 5) is 6.75. The first kappa shape index (κ1) is 12.2. The van der Waals surface area contributed by atoms with E-state index in [1.165, 1.54) is 11.1 Å². The highest BCUT2D eigenvalue weighted by Gasteiger charge is 2.19. The van der Waals surface area contributed by atoms with Crippen molar-refractivity contribution in [1.82, 2.24) is 9.88 Å². The van der Waals surface area contributed by atoms with Crippen molar-refractivity contribution in [3.8, 4) is 0 Å². The van der Waals surface area contributed by atoms with Gasteiger partial charge in [-0.3, -0.25) is 4.90 Å². The van der Waals surface area contributed by atoms with Crippen LogP contribution in [0.4, 0.5) is 0 Å².